The van der Waals surface area contributed by atoms with Gasteiger partial charge in [0, 0.05) is 17.1 Å². The minimum absolute atomic E-state index is 0.734. The van der Waals surface area contributed by atoms with E-state index in [1.54, 1.807) is 0 Å². The van der Waals surface area contributed by atoms with Crippen LogP contribution in [0.5, 0.6) is 0 Å². The van der Waals surface area contributed by atoms with Crippen LogP contribution in [0.1, 0.15) is 30.9 Å². The Morgan fingerprint density at radius 1 is 1.19 bits per heavy atom. The third-order valence-electron chi connectivity index (χ3n) is 4.03. The van der Waals surface area contributed by atoms with Crippen molar-refractivity contribution in [2.24, 2.45) is 10.1 Å². The third-order valence-corrected chi connectivity index (χ3v) is 4.29. The summed E-state index contributed by atoms with van der Waals surface area (Å²) in [4.78, 5) is 4.35. The molecule has 3 rings (SSSR count). The lowest BCUT2D eigenvalue weighted by molar-refractivity contribution is 0.906. The van der Waals surface area contributed by atoms with Gasteiger partial charge in [-0.1, -0.05) is 67.4 Å². The van der Waals surface area contributed by atoms with E-state index in [-0.39, 0.29) is 0 Å². The quantitative estimate of drug-likeness (QED) is 0.446. The first-order chi connectivity index (χ1) is 12.8. The Kier molecular flexibility index (Phi) is 6.45. The first-order valence-corrected chi connectivity index (χ1v) is 9.28. The minimum atomic E-state index is 0.734. The van der Waals surface area contributed by atoms with E-state index < -0.39 is 0 Å². The smallest absolute Gasteiger partial charge is 0.212 e. The van der Waals surface area contributed by atoms with Crippen molar-refractivity contribution < 1.29 is 0 Å². The number of halogens is 1. The number of rotatable bonds is 6. The molecule has 134 valence electrons. The Labute approximate surface area is 159 Å². The van der Waals surface area contributed by atoms with E-state index >= 15 is 0 Å². The number of hydrogen-bond donors (Lipinski definition) is 2. The first kappa shape index (κ1) is 18.2. The maximum atomic E-state index is 6.03. The maximum Gasteiger partial charge on any atom is 0.212 e. The molecular formula is C21H23ClN4. The topological polar surface area (TPSA) is 48.8 Å². The molecule has 0 saturated carbocycles. The molecule has 26 heavy (non-hydrogen) atoms. The summed E-state index contributed by atoms with van der Waals surface area (Å²) in [5, 5.41) is 8.59. The van der Waals surface area contributed by atoms with Gasteiger partial charge in [0.25, 0.3) is 0 Å². The zero-order valence-corrected chi connectivity index (χ0v) is 15.6. The Balaban J connectivity index is 1.98. The highest BCUT2D eigenvalue weighted by Crippen LogP contribution is 2.23. The molecule has 0 aliphatic carbocycles. The number of guanidine groups is 1. The molecule has 2 N–H and O–H groups in total. The van der Waals surface area contributed by atoms with Gasteiger partial charge in [-0.3, -0.25) is 0 Å². The SMILES string of the molecule is CCCC(=N\NC1=NCCN1)/C(=C\c1ccc(Cl)cc1)c1ccccc1. The molecule has 0 unspecified atom stereocenters. The van der Waals surface area contributed by atoms with E-state index in [2.05, 4.69) is 46.0 Å². The van der Waals surface area contributed by atoms with Crippen LogP contribution in [-0.2, 0) is 0 Å². The number of aliphatic imine (C=N–C) groups is 1. The van der Waals surface area contributed by atoms with Gasteiger partial charge in [0.15, 0.2) is 0 Å². The van der Waals surface area contributed by atoms with Crippen LogP contribution < -0.4 is 10.7 Å². The van der Waals surface area contributed by atoms with Crippen LogP contribution >= 0.6 is 11.6 Å². The Bertz CT molecular complexity index is 808. The number of hydrazone groups is 1. The second-order valence-electron chi connectivity index (χ2n) is 6.05. The van der Waals surface area contributed by atoms with Crippen molar-refractivity contribution in [3.63, 3.8) is 0 Å². The van der Waals surface area contributed by atoms with E-state index in [0.29, 0.717) is 0 Å². The largest absolute Gasteiger partial charge is 0.353 e. The molecule has 0 atom stereocenters. The van der Waals surface area contributed by atoms with Gasteiger partial charge >= 0.3 is 0 Å². The summed E-state index contributed by atoms with van der Waals surface area (Å²) in [5.74, 6) is 0.734. The predicted molar refractivity (Wildman–Crippen MR) is 112 cm³/mol. The van der Waals surface area contributed by atoms with Gasteiger partial charge in [0.1, 0.15) is 0 Å². The Morgan fingerprint density at radius 3 is 2.62 bits per heavy atom. The first-order valence-electron chi connectivity index (χ1n) is 8.90. The maximum absolute atomic E-state index is 6.03. The summed E-state index contributed by atoms with van der Waals surface area (Å²) in [6.07, 6.45) is 4.03. The lowest BCUT2D eigenvalue weighted by atomic mass is 9.96. The molecule has 0 bridgehead atoms. The average molecular weight is 367 g/mol. The number of nitrogens with zero attached hydrogens (tertiary/aromatic N) is 2. The minimum Gasteiger partial charge on any atom is -0.353 e. The molecule has 0 aromatic heterocycles. The molecule has 0 saturated heterocycles. The highest BCUT2D eigenvalue weighted by molar-refractivity contribution is 6.30. The van der Waals surface area contributed by atoms with Crippen LogP contribution in [0, 0.1) is 0 Å². The Morgan fingerprint density at radius 2 is 1.96 bits per heavy atom. The van der Waals surface area contributed by atoms with Crippen molar-refractivity contribution in [3.05, 3.63) is 70.7 Å². The highest BCUT2D eigenvalue weighted by atomic mass is 35.5. The fraction of sp³-hybridized carbons (Fsp3) is 0.238. The molecule has 1 heterocycles. The summed E-state index contributed by atoms with van der Waals surface area (Å²) in [7, 11) is 0. The summed E-state index contributed by atoms with van der Waals surface area (Å²) in [6.45, 7) is 3.80. The normalized spacial score (nSPS) is 14.8. The van der Waals surface area contributed by atoms with Gasteiger partial charge in [-0.15, -0.1) is 0 Å². The third kappa shape index (κ3) is 4.96. The van der Waals surface area contributed by atoms with Crippen molar-refractivity contribution >= 4 is 34.9 Å². The van der Waals surface area contributed by atoms with Crippen LogP contribution in [0.2, 0.25) is 5.02 Å². The second kappa shape index (κ2) is 9.20. The molecule has 0 fully saturated rings. The molecular weight excluding hydrogens is 344 g/mol. The number of benzene rings is 2. The van der Waals surface area contributed by atoms with Crippen LogP contribution in [0.3, 0.4) is 0 Å². The zero-order valence-electron chi connectivity index (χ0n) is 14.9. The van der Waals surface area contributed by atoms with Crippen molar-refractivity contribution in [1.82, 2.24) is 10.7 Å². The summed E-state index contributed by atoms with van der Waals surface area (Å²) in [5.41, 5.74) is 7.41. The predicted octanol–water partition coefficient (Wildman–Crippen LogP) is 4.59. The molecule has 0 spiro atoms. The lowest BCUT2D eigenvalue weighted by Gasteiger charge is -2.12. The van der Waals surface area contributed by atoms with E-state index in [1.807, 2.05) is 42.5 Å². The fourth-order valence-electron chi connectivity index (χ4n) is 2.76. The number of allylic oxidation sites excluding steroid dienone is 1. The fourth-order valence-corrected chi connectivity index (χ4v) is 2.88. The standard InChI is InChI=1S/C21H23ClN4/c1-2-6-20(25-26-21-23-13-14-24-21)19(17-7-4-3-5-8-17)15-16-9-11-18(22)12-10-16/h3-5,7-12,15H,2,6,13-14H2,1H3,(H2,23,24,26)/b19-15-,25-20+. The van der Waals surface area contributed by atoms with Gasteiger partial charge in [0.05, 0.1) is 12.3 Å². The second-order valence-corrected chi connectivity index (χ2v) is 6.49. The molecule has 0 amide bonds. The van der Waals surface area contributed by atoms with Crippen molar-refractivity contribution in [2.45, 2.75) is 19.8 Å². The van der Waals surface area contributed by atoms with Crippen LogP contribution in [-0.4, -0.2) is 24.8 Å². The van der Waals surface area contributed by atoms with Crippen LogP contribution in [0.15, 0.2) is 64.7 Å². The van der Waals surface area contributed by atoms with E-state index in [4.69, 9.17) is 11.6 Å². The molecule has 1 aliphatic heterocycles. The lowest BCUT2D eigenvalue weighted by Crippen LogP contribution is -2.31. The average Bonchev–Trinajstić information content (AvgIpc) is 3.19. The number of hydrogen-bond acceptors (Lipinski definition) is 4. The number of nitrogens with one attached hydrogen (secondary N) is 2. The highest BCUT2D eigenvalue weighted by Gasteiger charge is 2.11. The van der Waals surface area contributed by atoms with Crippen molar-refractivity contribution in [1.29, 1.82) is 0 Å². The zero-order chi connectivity index (χ0) is 18.2. The summed E-state index contributed by atoms with van der Waals surface area (Å²) in [6, 6.07) is 18.2. The summed E-state index contributed by atoms with van der Waals surface area (Å²) < 4.78 is 0. The monoisotopic (exact) mass is 366 g/mol. The van der Waals surface area contributed by atoms with Gasteiger partial charge in [-0.25, -0.2) is 10.4 Å². The molecule has 5 heteroatoms. The van der Waals surface area contributed by atoms with Gasteiger partial charge in [0.2, 0.25) is 5.96 Å². The van der Waals surface area contributed by atoms with E-state index in [9.17, 15) is 0 Å². The van der Waals surface area contributed by atoms with Gasteiger partial charge in [-0.2, -0.15) is 5.10 Å². The van der Waals surface area contributed by atoms with Crippen LogP contribution in [0.4, 0.5) is 0 Å². The van der Waals surface area contributed by atoms with E-state index in [0.717, 1.165) is 59.3 Å². The van der Waals surface area contributed by atoms with Crippen molar-refractivity contribution in [3.8, 4) is 0 Å². The molecule has 2 aromatic carbocycles. The van der Waals surface area contributed by atoms with Gasteiger partial charge < -0.3 is 5.32 Å². The molecule has 0 radical (unpaired) electrons. The molecule has 2 aromatic rings. The molecule has 1 aliphatic rings. The van der Waals surface area contributed by atoms with Gasteiger partial charge in [-0.05, 0) is 35.8 Å². The van der Waals surface area contributed by atoms with E-state index in [1.165, 1.54) is 0 Å². The Hall–Kier alpha value is -2.59. The molecule has 4 nitrogen and oxygen atoms in total. The summed E-state index contributed by atoms with van der Waals surface area (Å²) >= 11 is 6.03. The van der Waals surface area contributed by atoms with Crippen LogP contribution in [0.25, 0.3) is 11.6 Å². The van der Waals surface area contributed by atoms with Crippen molar-refractivity contribution in [2.75, 3.05) is 13.1 Å².